The lowest BCUT2D eigenvalue weighted by molar-refractivity contribution is -0.139. The van der Waals surface area contributed by atoms with Gasteiger partial charge >= 0.3 is 0 Å². The number of nitrogens with zero attached hydrogens (tertiary/aromatic N) is 2. The summed E-state index contributed by atoms with van der Waals surface area (Å²) in [6.45, 7) is 5.28. The van der Waals surface area contributed by atoms with Crippen LogP contribution in [0.25, 0.3) is 0 Å². The number of amides is 2. The molecule has 0 bridgehead atoms. The van der Waals surface area contributed by atoms with Crippen LogP contribution in [0.2, 0.25) is 0 Å². The molecule has 1 atom stereocenters. The number of rotatable bonds is 11. The van der Waals surface area contributed by atoms with Gasteiger partial charge in [0.25, 0.3) is 0 Å². The van der Waals surface area contributed by atoms with E-state index in [1.807, 2.05) is 32.0 Å². The van der Waals surface area contributed by atoms with Gasteiger partial charge in [0.05, 0.1) is 11.9 Å². The summed E-state index contributed by atoms with van der Waals surface area (Å²) in [6, 6.07) is 9.05. The first-order valence-corrected chi connectivity index (χ1v) is 12.8. The van der Waals surface area contributed by atoms with Gasteiger partial charge in [0.2, 0.25) is 21.8 Å². The van der Waals surface area contributed by atoms with Crippen LogP contribution in [0, 0.1) is 18.6 Å². The monoisotopic (exact) mass is 495 g/mol. The number of carbonyl (C=O) groups is 2. The van der Waals surface area contributed by atoms with Gasteiger partial charge in [-0.2, -0.15) is 0 Å². The molecule has 2 amide bonds. The Balaban J connectivity index is 2.38. The Bertz CT molecular complexity index is 1120. The number of nitrogens with one attached hydrogen (secondary N) is 1. The summed E-state index contributed by atoms with van der Waals surface area (Å²) >= 11 is 0. The van der Waals surface area contributed by atoms with Gasteiger partial charge in [-0.3, -0.25) is 13.9 Å². The van der Waals surface area contributed by atoms with Crippen molar-refractivity contribution in [2.45, 2.75) is 46.2 Å². The van der Waals surface area contributed by atoms with E-state index < -0.39 is 40.2 Å². The van der Waals surface area contributed by atoms with Crippen molar-refractivity contribution in [3.8, 4) is 0 Å². The fourth-order valence-electron chi connectivity index (χ4n) is 3.34. The largest absolute Gasteiger partial charge is 0.354 e. The van der Waals surface area contributed by atoms with Crippen LogP contribution in [0.4, 0.5) is 14.5 Å². The second kappa shape index (κ2) is 11.9. The zero-order chi connectivity index (χ0) is 25.5. The molecule has 1 unspecified atom stereocenters. The quantitative estimate of drug-likeness (QED) is 0.485. The molecule has 0 radical (unpaired) electrons. The van der Waals surface area contributed by atoms with Gasteiger partial charge in [-0.15, -0.1) is 0 Å². The van der Waals surface area contributed by atoms with Crippen LogP contribution in [-0.2, 0) is 26.2 Å². The minimum Gasteiger partial charge on any atom is -0.354 e. The summed E-state index contributed by atoms with van der Waals surface area (Å²) in [5, 5.41) is 2.79. The molecule has 10 heteroatoms. The van der Waals surface area contributed by atoms with Gasteiger partial charge in [-0.25, -0.2) is 17.2 Å². The van der Waals surface area contributed by atoms with Crippen LogP contribution in [0.15, 0.2) is 42.5 Å². The third-order valence-electron chi connectivity index (χ3n) is 5.47. The predicted molar refractivity (Wildman–Crippen MR) is 128 cm³/mol. The minimum absolute atomic E-state index is 0.0727. The Kier molecular flexibility index (Phi) is 9.55. The molecule has 34 heavy (non-hydrogen) atoms. The molecule has 2 aromatic rings. The van der Waals surface area contributed by atoms with Crippen molar-refractivity contribution < 1.29 is 26.8 Å². The predicted octanol–water partition coefficient (Wildman–Crippen LogP) is 3.37. The molecule has 0 aliphatic rings. The lowest BCUT2D eigenvalue weighted by atomic mass is 10.1. The second-order valence-corrected chi connectivity index (χ2v) is 10.0. The highest BCUT2D eigenvalue weighted by Gasteiger charge is 2.30. The zero-order valence-electron chi connectivity index (χ0n) is 19.8. The molecule has 0 aromatic heterocycles. The number of aryl methyl sites for hydroxylation is 1. The van der Waals surface area contributed by atoms with Gasteiger partial charge < -0.3 is 10.2 Å². The maximum Gasteiger partial charge on any atom is 0.244 e. The Morgan fingerprint density at radius 2 is 1.76 bits per heavy atom. The molecule has 0 saturated heterocycles. The van der Waals surface area contributed by atoms with Crippen molar-refractivity contribution in [2.75, 3.05) is 23.7 Å². The Labute approximate surface area is 199 Å². The van der Waals surface area contributed by atoms with Crippen LogP contribution in [0.3, 0.4) is 0 Å². The van der Waals surface area contributed by atoms with Gasteiger partial charge in [0.1, 0.15) is 12.6 Å². The van der Waals surface area contributed by atoms with E-state index in [1.165, 1.54) is 4.90 Å². The highest BCUT2D eigenvalue weighted by molar-refractivity contribution is 7.92. The van der Waals surface area contributed by atoms with Crippen molar-refractivity contribution in [3.63, 3.8) is 0 Å². The smallest absolute Gasteiger partial charge is 0.244 e. The molecule has 0 heterocycles. The van der Waals surface area contributed by atoms with E-state index in [-0.39, 0.29) is 18.1 Å². The number of benzene rings is 2. The third-order valence-corrected chi connectivity index (χ3v) is 6.61. The van der Waals surface area contributed by atoms with Crippen molar-refractivity contribution in [1.82, 2.24) is 10.2 Å². The Hall–Kier alpha value is -3.01. The summed E-state index contributed by atoms with van der Waals surface area (Å²) in [5.41, 5.74) is 1.51. The van der Waals surface area contributed by atoms with Gasteiger partial charge in [-0.1, -0.05) is 37.6 Å². The van der Waals surface area contributed by atoms with Gasteiger partial charge in [-0.05, 0) is 43.5 Å². The number of unbranched alkanes of at least 4 members (excludes halogenated alkanes) is 1. The van der Waals surface area contributed by atoms with Crippen molar-refractivity contribution in [2.24, 2.45) is 0 Å². The Morgan fingerprint density at radius 3 is 2.35 bits per heavy atom. The molecule has 2 aromatic carbocycles. The van der Waals surface area contributed by atoms with Crippen LogP contribution < -0.4 is 9.62 Å². The highest BCUT2D eigenvalue weighted by atomic mass is 32.2. The van der Waals surface area contributed by atoms with Crippen molar-refractivity contribution >= 4 is 27.5 Å². The van der Waals surface area contributed by atoms with E-state index in [2.05, 4.69) is 5.32 Å². The summed E-state index contributed by atoms with van der Waals surface area (Å²) in [5.74, 6) is -3.40. The molecule has 0 aliphatic heterocycles. The fraction of sp³-hybridized carbons (Fsp3) is 0.417. The number of anilines is 1. The molecule has 7 nitrogen and oxygen atoms in total. The molecule has 0 spiro atoms. The van der Waals surface area contributed by atoms with E-state index in [4.69, 9.17) is 0 Å². The Morgan fingerprint density at radius 1 is 1.09 bits per heavy atom. The molecule has 1 N–H and O–H groups in total. The summed E-state index contributed by atoms with van der Waals surface area (Å²) in [4.78, 5) is 27.4. The van der Waals surface area contributed by atoms with Crippen molar-refractivity contribution in [3.05, 3.63) is 65.2 Å². The van der Waals surface area contributed by atoms with Crippen LogP contribution in [0.1, 0.15) is 37.8 Å². The second-order valence-electron chi connectivity index (χ2n) is 8.14. The highest BCUT2D eigenvalue weighted by Crippen LogP contribution is 2.22. The van der Waals surface area contributed by atoms with E-state index in [0.29, 0.717) is 10.8 Å². The molecule has 2 rings (SSSR count). The number of sulfonamides is 1. The van der Waals surface area contributed by atoms with E-state index in [9.17, 15) is 26.8 Å². The summed E-state index contributed by atoms with van der Waals surface area (Å²) < 4.78 is 52.8. The lowest BCUT2D eigenvalue weighted by Crippen LogP contribution is -2.51. The molecular weight excluding hydrogens is 464 g/mol. The maximum absolute atomic E-state index is 13.8. The molecule has 0 aliphatic carbocycles. The SMILES string of the molecule is CCCCNC(=O)C(C)N(Cc1ccccc1C)C(=O)CN(c1ccc(F)c(F)c1)S(C)(=O)=O. The van der Waals surface area contributed by atoms with Crippen molar-refractivity contribution in [1.29, 1.82) is 0 Å². The summed E-state index contributed by atoms with van der Waals surface area (Å²) in [6.07, 6.45) is 2.54. The standard InChI is InChI=1S/C24H31F2N3O4S/c1-5-6-13-27-24(31)18(3)28(15-19-10-8-7-9-17(19)2)23(30)16-29(34(4,32)33)20-11-12-21(25)22(26)14-20/h7-12,14,18H,5-6,13,15-16H2,1-4H3,(H,27,31). The number of hydrogen-bond acceptors (Lipinski definition) is 4. The molecule has 186 valence electrons. The van der Waals surface area contributed by atoms with Crippen LogP contribution in [-0.4, -0.2) is 50.5 Å². The van der Waals surface area contributed by atoms with Gasteiger partial charge in [0.15, 0.2) is 11.6 Å². The minimum atomic E-state index is -4.02. The first-order chi connectivity index (χ1) is 16.0. The topological polar surface area (TPSA) is 86.8 Å². The number of hydrogen-bond donors (Lipinski definition) is 1. The van der Waals surface area contributed by atoms with E-state index in [1.54, 1.807) is 13.0 Å². The van der Waals surface area contributed by atoms with E-state index in [0.717, 1.165) is 48.4 Å². The number of halogens is 2. The first kappa shape index (κ1) is 27.2. The maximum atomic E-state index is 13.8. The van der Waals surface area contributed by atoms with Crippen LogP contribution in [0.5, 0.6) is 0 Å². The molecule has 0 saturated carbocycles. The normalized spacial score (nSPS) is 12.2. The fourth-order valence-corrected chi connectivity index (χ4v) is 4.19. The first-order valence-electron chi connectivity index (χ1n) is 11.0. The average Bonchev–Trinajstić information content (AvgIpc) is 2.77. The lowest BCUT2D eigenvalue weighted by Gasteiger charge is -2.32. The third kappa shape index (κ3) is 7.24. The summed E-state index contributed by atoms with van der Waals surface area (Å²) in [7, 11) is -4.02. The van der Waals surface area contributed by atoms with Gasteiger partial charge in [0, 0.05) is 19.2 Å². The van der Waals surface area contributed by atoms with Crippen LogP contribution >= 0.6 is 0 Å². The average molecular weight is 496 g/mol. The molecule has 0 fully saturated rings. The number of carbonyl (C=O) groups excluding carboxylic acids is 2. The molecular formula is C24H31F2N3O4S. The van der Waals surface area contributed by atoms with E-state index >= 15 is 0 Å². The zero-order valence-corrected chi connectivity index (χ0v) is 20.7.